The van der Waals surface area contributed by atoms with Crippen LogP contribution in [0.4, 0.5) is 0 Å². The minimum absolute atomic E-state index is 0.0815. The lowest BCUT2D eigenvalue weighted by Gasteiger charge is -2.31. The Morgan fingerprint density at radius 2 is 1.88 bits per heavy atom. The number of likely N-dealkylation sites (N-methyl/N-ethyl adjacent to an activating group) is 1. The van der Waals surface area contributed by atoms with Crippen molar-refractivity contribution in [2.75, 3.05) is 33.4 Å². The van der Waals surface area contributed by atoms with E-state index < -0.39 is 0 Å². The summed E-state index contributed by atoms with van der Waals surface area (Å²) >= 11 is 6.06. The van der Waals surface area contributed by atoms with Crippen LogP contribution in [0.3, 0.4) is 0 Å². The average molecular weight is 605 g/mol. The predicted octanol–water partition coefficient (Wildman–Crippen LogP) is 4.24. The Bertz CT molecular complexity index is 1640. The second-order valence-electron chi connectivity index (χ2n) is 11.6. The van der Waals surface area contributed by atoms with Gasteiger partial charge in [-0.15, -0.1) is 0 Å². The number of imidazole rings is 1. The molecule has 43 heavy (non-hydrogen) atoms. The summed E-state index contributed by atoms with van der Waals surface area (Å²) in [5.41, 5.74) is 3.52. The van der Waals surface area contributed by atoms with Crippen LogP contribution >= 0.6 is 11.6 Å². The van der Waals surface area contributed by atoms with Crippen LogP contribution in [-0.2, 0) is 11.3 Å². The van der Waals surface area contributed by atoms with Crippen molar-refractivity contribution in [1.29, 1.82) is 0 Å². The highest BCUT2D eigenvalue weighted by atomic mass is 35.5. The predicted molar refractivity (Wildman–Crippen MR) is 165 cm³/mol. The Morgan fingerprint density at radius 3 is 2.63 bits per heavy atom. The number of nitrogens with one attached hydrogen (secondary N) is 1. The summed E-state index contributed by atoms with van der Waals surface area (Å²) in [4.78, 5) is 37.6. The van der Waals surface area contributed by atoms with E-state index in [1.807, 2.05) is 41.0 Å². The number of carbonyl (C=O) groups is 1. The van der Waals surface area contributed by atoms with Crippen molar-refractivity contribution in [3.05, 3.63) is 81.6 Å². The fourth-order valence-electron chi connectivity index (χ4n) is 6.07. The van der Waals surface area contributed by atoms with Crippen molar-refractivity contribution in [1.82, 2.24) is 29.3 Å². The minimum Gasteiger partial charge on any atom is -0.476 e. The number of rotatable bonds is 8. The topological polar surface area (TPSA) is 104 Å². The molecule has 10 nitrogen and oxygen atoms in total. The molecular weight excluding hydrogens is 568 g/mol. The molecule has 1 atom stereocenters. The zero-order valence-corrected chi connectivity index (χ0v) is 25.3. The first-order chi connectivity index (χ1) is 20.9. The molecule has 1 aliphatic heterocycles. The smallest absolute Gasteiger partial charge is 0.333 e. The fourth-order valence-corrected chi connectivity index (χ4v) is 6.23. The zero-order chi connectivity index (χ0) is 29.9. The van der Waals surface area contributed by atoms with E-state index in [4.69, 9.17) is 21.1 Å². The summed E-state index contributed by atoms with van der Waals surface area (Å²) in [5, 5.41) is 3.60. The van der Waals surface area contributed by atoms with Crippen LogP contribution < -0.4 is 15.7 Å². The first-order valence-corrected chi connectivity index (χ1v) is 15.3. The van der Waals surface area contributed by atoms with E-state index in [9.17, 15) is 9.59 Å². The second kappa shape index (κ2) is 12.9. The molecule has 0 unspecified atom stereocenters. The molecule has 1 saturated heterocycles. The van der Waals surface area contributed by atoms with Crippen molar-refractivity contribution >= 4 is 28.5 Å². The third-order valence-corrected chi connectivity index (χ3v) is 8.89. The maximum atomic E-state index is 13.8. The fraction of sp³-hybridized carbons (Fsp3) is 0.438. The van der Waals surface area contributed by atoms with E-state index in [1.165, 1.54) is 0 Å². The molecule has 1 N–H and O–H groups in total. The molecule has 3 aromatic heterocycles. The number of pyridine rings is 2. The molecule has 226 valence electrons. The SMILES string of the molecule is Cc1ncc(Cl)cc1C(=O)N[C@H]1CC[C@H](Cn2c(=O)n(-c3ccc(OC[C@H]4COCCN4C)nc3)c3ccccc32)CC1. The van der Waals surface area contributed by atoms with Gasteiger partial charge in [-0.05, 0) is 69.8 Å². The van der Waals surface area contributed by atoms with Crippen LogP contribution in [0.2, 0.25) is 5.02 Å². The van der Waals surface area contributed by atoms with Crippen LogP contribution in [0.5, 0.6) is 5.88 Å². The highest BCUT2D eigenvalue weighted by Crippen LogP contribution is 2.28. The summed E-state index contributed by atoms with van der Waals surface area (Å²) < 4.78 is 15.1. The van der Waals surface area contributed by atoms with Crippen molar-refractivity contribution in [3.8, 4) is 11.6 Å². The summed E-state index contributed by atoms with van der Waals surface area (Å²) in [6, 6.07) is 13.5. The van der Waals surface area contributed by atoms with Gasteiger partial charge in [0.05, 0.1) is 58.5 Å². The number of para-hydroxylation sites is 2. The van der Waals surface area contributed by atoms with Crippen LogP contribution in [0, 0.1) is 12.8 Å². The Morgan fingerprint density at radius 1 is 1.09 bits per heavy atom. The highest BCUT2D eigenvalue weighted by molar-refractivity contribution is 6.30. The first-order valence-electron chi connectivity index (χ1n) is 14.9. The summed E-state index contributed by atoms with van der Waals surface area (Å²) in [7, 11) is 2.07. The maximum absolute atomic E-state index is 13.8. The van der Waals surface area contributed by atoms with Gasteiger partial charge in [0.25, 0.3) is 5.91 Å². The standard InChI is InChI=1S/C32H37ClN6O4/c1-21-27(15-23(33)16-34-21)31(40)36-24-9-7-22(8-10-24)18-38-28-5-3-4-6-29(28)39(32(38)41)25-11-12-30(35-17-25)43-20-26-19-42-14-13-37(26)2/h3-6,11-12,15-17,22,24,26H,7-10,13-14,18-20H2,1-2H3,(H,36,40)/t22-,24-,26-/m1/s1. The third kappa shape index (κ3) is 6.46. The van der Waals surface area contributed by atoms with Gasteiger partial charge in [0.2, 0.25) is 5.88 Å². The van der Waals surface area contributed by atoms with Gasteiger partial charge in [0.15, 0.2) is 0 Å². The van der Waals surface area contributed by atoms with Gasteiger partial charge in [-0.3, -0.25) is 23.8 Å². The van der Waals surface area contributed by atoms with Crippen LogP contribution in [0.15, 0.2) is 59.7 Å². The van der Waals surface area contributed by atoms with E-state index in [0.717, 1.165) is 49.9 Å². The number of aryl methyl sites for hydroxylation is 1. The Balaban J connectivity index is 1.12. The number of halogens is 1. The van der Waals surface area contributed by atoms with Gasteiger partial charge in [-0.25, -0.2) is 9.78 Å². The molecule has 4 aromatic rings. The normalized spacial score (nSPS) is 21.1. The molecule has 11 heteroatoms. The summed E-state index contributed by atoms with van der Waals surface area (Å²) in [6.07, 6.45) is 6.78. The molecule has 1 saturated carbocycles. The number of aromatic nitrogens is 4. The number of morpholine rings is 1. The summed E-state index contributed by atoms with van der Waals surface area (Å²) in [6.45, 7) is 5.18. The Hall–Kier alpha value is -3.73. The van der Waals surface area contributed by atoms with E-state index in [-0.39, 0.29) is 23.7 Å². The van der Waals surface area contributed by atoms with Crippen LogP contribution in [0.1, 0.15) is 41.7 Å². The van der Waals surface area contributed by atoms with E-state index in [1.54, 1.807) is 30.0 Å². The van der Waals surface area contributed by atoms with Gasteiger partial charge < -0.3 is 14.8 Å². The van der Waals surface area contributed by atoms with Crippen molar-refractivity contribution in [2.24, 2.45) is 5.92 Å². The quantitative estimate of drug-likeness (QED) is 0.321. The third-order valence-electron chi connectivity index (χ3n) is 8.68. The average Bonchev–Trinajstić information content (AvgIpc) is 3.29. The maximum Gasteiger partial charge on any atom is 0.333 e. The Kier molecular flexibility index (Phi) is 8.78. The number of ether oxygens (including phenoxy) is 2. The monoisotopic (exact) mass is 604 g/mol. The molecule has 0 spiro atoms. The Labute approximate surface area is 255 Å². The van der Waals surface area contributed by atoms with Gasteiger partial charge in [0.1, 0.15) is 6.61 Å². The van der Waals surface area contributed by atoms with Crippen LogP contribution in [-0.4, -0.2) is 75.4 Å². The second-order valence-corrected chi connectivity index (χ2v) is 12.0. The molecule has 6 rings (SSSR count). The summed E-state index contributed by atoms with van der Waals surface area (Å²) in [5.74, 6) is 0.705. The number of fused-ring (bicyclic) bond motifs is 1. The number of nitrogens with zero attached hydrogens (tertiary/aromatic N) is 5. The molecule has 4 heterocycles. The van der Waals surface area contributed by atoms with E-state index in [2.05, 4.69) is 27.2 Å². The first kappa shape index (κ1) is 29.3. The number of benzene rings is 1. The molecule has 1 amide bonds. The molecule has 2 fully saturated rings. The molecule has 1 aromatic carbocycles. The largest absolute Gasteiger partial charge is 0.476 e. The zero-order valence-electron chi connectivity index (χ0n) is 24.5. The van der Waals surface area contributed by atoms with Gasteiger partial charge in [-0.1, -0.05) is 23.7 Å². The lowest BCUT2D eigenvalue weighted by molar-refractivity contribution is -0.0113. The van der Waals surface area contributed by atoms with Gasteiger partial charge >= 0.3 is 5.69 Å². The number of hydrogen-bond donors (Lipinski definition) is 1. The van der Waals surface area contributed by atoms with E-state index >= 15 is 0 Å². The van der Waals surface area contributed by atoms with E-state index in [0.29, 0.717) is 53.5 Å². The molecular formula is C32H37ClN6O4. The lowest BCUT2D eigenvalue weighted by Crippen LogP contribution is -2.46. The molecule has 1 aliphatic carbocycles. The lowest BCUT2D eigenvalue weighted by atomic mass is 9.85. The van der Waals surface area contributed by atoms with Crippen LogP contribution in [0.25, 0.3) is 16.7 Å². The van der Waals surface area contributed by atoms with Gasteiger partial charge in [0, 0.05) is 31.4 Å². The number of hydrogen-bond acceptors (Lipinski definition) is 7. The highest BCUT2D eigenvalue weighted by Gasteiger charge is 2.26. The number of amides is 1. The van der Waals surface area contributed by atoms with Crippen molar-refractivity contribution in [3.63, 3.8) is 0 Å². The van der Waals surface area contributed by atoms with Gasteiger partial charge in [-0.2, -0.15) is 0 Å². The molecule has 0 bridgehead atoms. The number of carbonyl (C=O) groups excluding carboxylic acids is 1. The minimum atomic E-state index is -0.143. The van der Waals surface area contributed by atoms with Crippen molar-refractivity contribution in [2.45, 2.75) is 51.2 Å². The van der Waals surface area contributed by atoms with Crippen molar-refractivity contribution < 1.29 is 14.3 Å². The molecule has 0 radical (unpaired) electrons. The molecule has 2 aliphatic rings.